The zero-order chi connectivity index (χ0) is 15.0. The van der Waals surface area contributed by atoms with Crippen LogP contribution in [0.25, 0.3) is 0 Å². The van der Waals surface area contributed by atoms with Crippen LogP contribution in [0, 0.1) is 28.6 Å². The van der Waals surface area contributed by atoms with E-state index in [-0.39, 0.29) is 5.60 Å². The van der Waals surface area contributed by atoms with Gasteiger partial charge in [0, 0.05) is 0 Å². The van der Waals surface area contributed by atoms with Crippen LogP contribution in [0.1, 0.15) is 72.6 Å². The fourth-order valence-electron chi connectivity index (χ4n) is 6.87. The molecule has 4 aliphatic rings. The van der Waals surface area contributed by atoms with Gasteiger partial charge in [-0.2, -0.15) is 0 Å². The molecule has 0 bridgehead atoms. The number of hydrogen-bond acceptors (Lipinski definition) is 1. The van der Waals surface area contributed by atoms with E-state index < -0.39 is 0 Å². The zero-order valence-corrected chi connectivity index (χ0v) is 14.4. The van der Waals surface area contributed by atoms with Crippen LogP contribution >= 0.6 is 0 Å². The van der Waals surface area contributed by atoms with E-state index in [1.165, 1.54) is 50.5 Å². The Balaban J connectivity index is 1.67. The molecule has 1 saturated heterocycles. The maximum Gasteiger partial charge on any atom is 0.0920 e. The van der Waals surface area contributed by atoms with Gasteiger partial charge in [0.05, 0.1) is 11.7 Å². The van der Waals surface area contributed by atoms with Crippen LogP contribution in [-0.4, -0.2) is 11.7 Å². The summed E-state index contributed by atoms with van der Waals surface area (Å²) < 4.78 is 6.05. The van der Waals surface area contributed by atoms with Crippen molar-refractivity contribution in [1.82, 2.24) is 0 Å². The molecule has 0 N–H and O–H groups in total. The molecule has 7 atom stereocenters. The Hall–Kier alpha value is -0.300. The Labute approximate surface area is 130 Å². The third-order valence-corrected chi connectivity index (χ3v) is 8.24. The molecule has 7 unspecified atom stereocenters. The summed E-state index contributed by atoms with van der Waals surface area (Å²) in [6.07, 6.45) is 10.2. The summed E-state index contributed by atoms with van der Waals surface area (Å²) >= 11 is 0. The molecule has 21 heavy (non-hydrogen) atoms. The number of hydrogen-bond donors (Lipinski definition) is 0. The average molecular weight is 288 g/mol. The largest absolute Gasteiger partial charge is 0.366 e. The summed E-state index contributed by atoms with van der Waals surface area (Å²) in [5.41, 5.74) is 2.76. The van der Waals surface area contributed by atoms with Gasteiger partial charge in [-0.05, 0) is 87.4 Å². The van der Waals surface area contributed by atoms with E-state index in [0.29, 0.717) is 16.9 Å². The molecule has 3 aliphatic carbocycles. The molecular weight excluding hydrogens is 256 g/mol. The molecule has 1 aliphatic heterocycles. The number of allylic oxidation sites excluding steroid dienone is 1. The molecule has 1 heteroatoms. The van der Waals surface area contributed by atoms with Crippen molar-refractivity contribution >= 4 is 0 Å². The molecule has 4 fully saturated rings. The van der Waals surface area contributed by atoms with Gasteiger partial charge in [-0.25, -0.2) is 0 Å². The molecule has 118 valence electrons. The van der Waals surface area contributed by atoms with Crippen molar-refractivity contribution in [2.24, 2.45) is 28.6 Å². The quantitative estimate of drug-likeness (QED) is 0.468. The van der Waals surface area contributed by atoms with Crippen molar-refractivity contribution < 1.29 is 4.74 Å². The van der Waals surface area contributed by atoms with Crippen LogP contribution in [0.2, 0.25) is 0 Å². The fourth-order valence-corrected chi connectivity index (χ4v) is 6.87. The van der Waals surface area contributed by atoms with Gasteiger partial charge in [0.15, 0.2) is 0 Å². The molecule has 1 nitrogen and oxygen atoms in total. The van der Waals surface area contributed by atoms with Crippen molar-refractivity contribution in [3.05, 3.63) is 12.2 Å². The van der Waals surface area contributed by atoms with Crippen molar-refractivity contribution in [1.29, 1.82) is 0 Å². The average Bonchev–Trinajstić information content (AvgIpc) is 2.88. The van der Waals surface area contributed by atoms with E-state index >= 15 is 0 Å². The van der Waals surface area contributed by atoms with Crippen LogP contribution in [0.5, 0.6) is 0 Å². The molecule has 0 aromatic heterocycles. The molecule has 4 rings (SSSR count). The van der Waals surface area contributed by atoms with Gasteiger partial charge in [-0.3, -0.25) is 0 Å². The minimum atomic E-state index is 0.235. The fraction of sp³-hybridized carbons (Fsp3) is 0.900. The lowest BCUT2D eigenvalue weighted by Crippen LogP contribution is -2.47. The topological polar surface area (TPSA) is 12.5 Å². The highest BCUT2D eigenvalue weighted by Gasteiger charge is 2.64. The van der Waals surface area contributed by atoms with Crippen molar-refractivity contribution in [2.75, 3.05) is 0 Å². The molecule has 0 amide bonds. The highest BCUT2D eigenvalue weighted by Crippen LogP contribution is 2.68. The highest BCUT2D eigenvalue weighted by molar-refractivity contribution is 5.16. The van der Waals surface area contributed by atoms with Crippen LogP contribution in [-0.2, 0) is 4.74 Å². The SMILES string of the molecule is C=C(C)C1CCC2(C)C1CCC1(C)CC3OC3(C)CCC12. The molecule has 0 aromatic carbocycles. The summed E-state index contributed by atoms with van der Waals surface area (Å²) in [4.78, 5) is 0. The summed E-state index contributed by atoms with van der Waals surface area (Å²) in [6, 6.07) is 0. The van der Waals surface area contributed by atoms with Gasteiger partial charge < -0.3 is 4.74 Å². The van der Waals surface area contributed by atoms with Crippen molar-refractivity contribution in [2.45, 2.75) is 84.3 Å². The Bertz CT molecular complexity index is 482. The normalized spacial score (nSPS) is 58.7. The molecule has 0 aromatic rings. The van der Waals surface area contributed by atoms with Crippen LogP contribution in [0.15, 0.2) is 12.2 Å². The van der Waals surface area contributed by atoms with E-state index in [0.717, 1.165) is 17.8 Å². The van der Waals surface area contributed by atoms with Crippen LogP contribution in [0.3, 0.4) is 0 Å². The minimum Gasteiger partial charge on any atom is -0.366 e. The predicted molar refractivity (Wildman–Crippen MR) is 87.1 cm³/mol. The Morgan fingerprint density at radius 2 is 1.81 bits per heavy atom. The second kappa shape index (κ2) is 4.16. The van der Waals surface area contributed by atoms with Gasteiger partial charge in [0.1, 0.15) is 0 Å². The highest BCUT2D eigenvalue weighted by atomic mass is 16.6. The van der Waals surface area contributed by atoms with Crippen LogP contribution in [0.4, 0.5) is 0 Å². The summed E-state index contributed by atoms with van der Waals surface area (Å²) in [5.74, 6) is 2.60. The number of epoxide rings is 1. The second-order valence-corrected chi connectivity index (χ2v) is 9.51. The van der Waals surface area contributed by atoms with Crippen molar-refractivity contribution in [3.8, 4) is 0 Å². The number of ether oxygens (including phenoxy) is 1. The Morgan fingerprint density at radius 1 is 1.05 bits per heavy atom. The smallest absolute Gasteiger partial charge is 0.0920 e. The number of fused-ring (bicyclic) bond motifs is 4. The maximum atomic E-state index is 6.05. The van der Waals surface area contributed by atoms with E-state index in [9.17, 15) is 0 Å². The third kappa shape index (κ3) is 1.85. The molecular formula is C20H32O. The van der Waals surface area contributed by atoms with E-state index in [1.54, 1.807) is 0 Å². The Morgan fingerprint density at radius 3 is 2.52 bits per heavy atom. The first-order valence-electron chi connectivity index (χ1n) is 9.12. The first-order chi connectivity index (χ1) is 9.79. The van der Waals surface area contributed by atoms with Crippen LogP contribution < -0.4 is 0 Å². The van der Waals surface area contributed by atoms with Gasteiger partial charge in [-0.1, -0.05) is 26.0 Å². The first-order valence-corrected chi connectivity index (χ1v) is 9.12. The first kappa shape index (κ1) is 14.3. The van der Waals surface area contributed by atoms with Gasteiger partial charge in [-0.15, -0.1) is 0 Å². The van der Waals surface area contributed by atoms with Gasteiger partial charge >= 0.3 is 0 Å². The molecule has 0 spiro atoms. The van der Waals surface area contributed by atoms with Crippen molar-refractivity contribution in [3.63, 3.8) is 0 Å². The number of rotatable bonds is 1. The lowest BCUT2D eigenvalue weighted by molar-refractivity contribution is -0.0604. The summed E-state index contributed by atoms with van der Waals surface area (Å²) in [7, 11) is 0. The lowest BCUT2D eigenvalue weighted by Gasteiger charge is -2.55. The molecule has 0 radical (unpaired) electrons. The zero-order valence-electron chi connectivity index (χ0n) is 14.4. The monoisotopic (exact) mass is 288 g/mol. The summed E-state index contributed by atoms with van der Waals surface area (Å²) in [5, 5.41) is 0. The minimum absolute atomic E-state index is 0.235. The van der Waals surface area contributed by atoms with Gasteiger partial charge in [0.2, 0.25) is 0 Å². The summed E-state index contributed by atoms with van der Waals surface area (Å²) in [6.45, 7) is 14.1. The lowest BCUT2D eigenvalue weighted by atomic mass is 9.50. The van der Waals surface area contributed by atoms with E-state index in [4.69, 9.17) is 4.74 Å². The van der Waals surface area contributed by atoms with E-state index in [1.807, 2.05) is 0 Å². The molecule has 3 saturated carbocycles. The maximum absolute atomic E-state index is 6.05. The van der Waals surface area contributed by atoms with E-state index in [2.05, 4.69) is 34.3 Å². The third-order valence-electron chi connectivity index (χ3n) is 8.24. The van der Waals surface area contributed by atoms with Gasteiger partial charge in [0.25, 0.3) is 0 Å². The Kier molecular flexibility index (Phi) is 2.83. The standard InChI is InChI=1S/C20H32O/c1-13(2)14-6-10-19(4)15(14)7-9-18(3)12-17-20(5,21-17)11-8-16(18)19/h14-17H,1,6-12H2,2-5H3. The predicted octanol–water partition coefficient (Wildman–Crippen LogP) is 5.35. The second-order valence-electron chi connectivity index (χ2n) is 9.51. The molecule has 1 heterocycles.